The van der Waals surface area contributed by atoms with Crippen molar-refractivity contribution in [1.29, 1.82) is 0 Å². The molecule has 0 saturated heterocycles. The van der Waals surface area contributed by atoms with E-state index >= 15 is 8.78 Å². The zero-order valence-corrected chi connectivity index (χ0v) is 18.5. The summed E-state index contributed by atoms with van der Waals surface area (Å²) in [5.41, 5.74) is -0.421. The summed E-state index contributed by atoms with van der Waals surface area (Å²) in [4.78, 5) is 0. The fourth-order valence-corrected chi connectivity index (χ4v) is 4.99. The largest absolute Gasteiger partial charge is 0.271 e. The van der Waals surface area contributed by atoms with E-state index in [2.05, 4.69) is 6.58 Å². The second-order valence-corrected chi connectivity index (χ2v) is 8.90. The maximum Gasteiger partial charge on any atom is 0.271 e. The van der Waals surface area contributed by atoms with Gasteiger partial charge >= 0.3 is 0 Å². The number of allylic oxidation sites excluding steroid dienone is 1. The van der Waals surface area contributed by atoms with E-state index in [-0.39, 0.29) is 33.9 Å². The number of fused-ring (bicyclic) bond motifs is 1. The van der Waals surface area contributed by atoms with Gasteiger partial charge in [-0.3, -0.25) is 0 Å². The highest BCUT2D eigenvalue weighted by molar-refractivity contribution is 5.90. The Labute approximate surface area is 194 Å². The smallest absolute Gasteiger partial charge is 0.206 e. The summed E-state index contributed by atoms with van der Waals surface area (Å²) in [7, 11) is 0. The number of hydrogen-bond donors (Lipinski definition) is 0. The van der Waals surface area contributed by atoms with E-state index in [9.17, 15) is 17.6 Å². The van der Waals surface area contributed by atoms with E-state index in [1.165, 1.54) is 30.3 Å². The van der Waals surface area contributed by atoms with Crippen LogP contribution in [0.1, 0.15) is 55.6 Å². The number of halogens is 6. The summed E-state index contributed by atoms with van der Waals surface area (Å²) in [6.45, 7) is 3.75. The first-order valence-corrected chi connectivity index (χ1v) is 11.3. The molecule has 1 fully saturated rings. The molecule has 0 aliphatic heterocycles. The summed E-state index contributed by atoms with van der Waals surface area (Å²) < 4.78 is 84.0. The molecular weight excluding hydrogens is 450 g/mol. The summed E-state index contributed by atoms with van der Waals surface area (Å²) in [6.07, 6.45) is 5.59. The van der Waals surface area contributed by atoms with E-state index in [1.807, 2.05) is 6.08 Å². The van der Waals surface area contributed by atoms with Crippen molar-refractivity contribution in [2.75, 3.05) is 0 Å². The lowest BCUT2D eigenvalue weighted by molar-refractivity contribution is 0.311. The summed E-state index contributed by atoms with van der Waals surface area (Å²) in [6, 6.07) is 7.34. The predicted octanol–water partition coefficient (Wildman–Crippen LogP) is 9.54. The van der Waals surface area contributed by atoms with Gasteiger partial charge in [0, 0.05) is 11.5 Å². The van der Waals surface area contributed by atoms with E-state index in [1.54, 1.807) is 0 Å². The molecule has 0 unspecified atom stereocenters. The van der Waals surface area contributed by atoms with Gasteiger partial charge in [0.1, 0.15) is 23.3 Å². The third-order valence-corrected chi connectivity index (χ3v) is 6.77. The Morgan fingerprint density at radius 3 is 2.18 bits per heavy atom. The van der Waals surface area contributed by atoms with Gasteiger partial charge in [0.2, 0.25) is 0 Å². The maximum atomic E-state index is 15.1. The predicted molar refractivity (Wildman–Crippen MR) is 124 cm³/mol. The summed E-state index contributed by atoms with van der Waals surface area (Å²) >= 11 is 0. The molecule has 3 aromatic rings. The van der Waals surface area contributed by atoms with Crippen molar-refractivity contribution in [2.45, 2.75) is 44.4 Å². The van der Waals surface area contributed by atoms with Crippen LogP contribution in [-0.4, -0.2) is 0 Å². The van der Waals surface area contributed by atoms with Gasteiger partial charge in [0.25, 0.3) is 6.08 Å². The van der Waals surface area contributed by atoms with Crippen molar-refractivity contribution in [3.05, 3.63) is 89.5 Å². The molecule has 178 valence electrons. The monoisotopic (exact) mass is 474 g/mol. The van der Waals surface area contributed by atoms with Crippen LogP contribution in [0.3, 0.4) is 0 Å². The molecule has 0 radical (unpaired) electrons. The van der Waals surface area contributed by atoms with Gasteiger partial charge in [-0.1, -0.05) is 18.2 Å². The summed E-state index contributed by atoms with van der Waals surface area (Å²) in [5, 5.41) is -0.104. The maximum absolute atomic E-state index is 15.1. The van der Waals surface area contributed by atoms with Gasteiger partial charge in [-0.2, -0.15) is 8.78 Å². The molecule has 1 aliphatic carbocycles. The van der Waals surface area contributed by atoms with E-state index in [4.69, 9.17) is 0 Å². The fourth-order valence-electron chi connectivity index (χ4n) is 4.99. The molecule has 0 amide bonds. The highest BCUT2D eigenvalue weighted by Gasteiger charge is 2.24. The first-order chi connectivity index (χ1) is 16.3. The molecule has 4 rings (SSSR count). The Hall–Kier alpha value is -3.02. The van der Waals surface area contributed by atoms with Gasteiger partial charge in [0.05, 0.1) is 11.1 Å². The Balaban J connectivity index is 1.64. The standard InChI is InChI=1S/C28H24F6/c1-2-3-4-16-5-7-17(8-6-16)19-12-24(30)27(25(31)13-19)18-9-10-21-20(11-18)14-23(29)22(28(21)34)15-26(32)33/h2,9-17H,1,3-8H2. The molecule has 0 atom stereocenters. The van der Waals surface area contributed by atoms with Crippen LogP contribution in [0, 0.1) is 29.2 Å². The number of hydrogen-bond acceptors (Lipinski definition) is 0. The molecule has 0 aromatic heterocycles. The van der Waals surface area contributed by atoms with Gasteiger partial charge in [0.15, 0.2) is 0 Å². The van der Waals surface area contributed by atoms with Crippen LogP contribution in [0.5, 0.6) is 0 Å². The van der Waals surface area contributed by atoms with Crippen LogP contribution in [0.15, 0.2) is 55.1 Å². The van der Waals surface area contributed by atoms with Crippen molar-refractivity contribution in [3.8, 4) is 11.1 Å². The van der Waals surface area contributed by atoms with Crippen molar-refractivity contribution in [1.82, 2.24) is 0 Å². The minimum Gasteiger partial charge on any atom is -0.206 e. The van der Waals surface area contributed by atoms with Gasteiger partial charge in [-0.05, 0) is 91.1 Å². The third-order valence-electron chi connectivity index (χ3n) is 6.77. The number of benzene rings is 3. The average molecular weight is 474 g/mol. The Kier molecular flexibility index (Phi) is 7.15. The SMILES string of the molecule is C=CCCC1CCC(c2cc(F)c(-c3ccc4c(F)c(C=C(F)F)c(F)cc4c3)c(F)c2)CC1. The van der Waals surface area contributed by atoms with Crippen LogP contribution in [0.2, 0.25) is 0 Å². The molecule has 3 aromatic carbocycles. The van der Waals surface area contributed by atoms with Crippen molar-refractivity contribution < 1.29 is 26.3 Å². The van der Waals surface area contributed by atoms with Gasteiger partial charge in [-0.15, -0.1) is 6.58 Å². The van der Waals surface area contributed by atoms with Crippen LogP contribution in [-0.2, 0) is 0 Å². The van der Waals surface area contributed by atoms with Crippen molar-refractivity contribution >= 4 is 16.8 Å². The lowest BCUT2D eigenvalue weighted by atomic mass is 9.77. The van der Waals surface area contributed by atoms with Crippen molar-refractivity contribution in [3.63, 3.8) is 0 Å². The Morgan fingerprint density at radius 1 is 0.882 bits per heavy atom. The molecule has 1 aliphatic rings. The van der Waals surface area contributed by atoms with Crippen molar-refractivity contribution in [2.24, 2.45) is 5.92 Å². The molecule has 1 saturated carbocycles. The van der Waals surface area contributed by atoms with Crippen LogP contribution >= 0.6 is 0 Å². The van der Waals surface area contributed by atoms with Crippen LogP contribution in [0.25, 0.3) is 28.0 Å². The molecule has 0 bridgehead atoms. The van der Waals surface area contributed by atoms with Crippen LogP contribution in [0.4, 0.5) is 26.3 Å². The van der Waals surface area contributed by atoms with E-state index in [0.29, 0.717) is 11.5 Å². The molecule has 34 heavy (non-hydrogen) atoms. The zero-order chi connectivity index (χ0) is 24.4. The first-order valence-electron chi connectivity index (χ1n) is 11.3. The van der Waals surface area contributed by atoms with E-state index < -0.39 is 34.9 Å². The highest BCUT2D eigenvalue weighted by Crippen LogP contribution is 2.40. The molecular formula is C28H24F6. The third kappa shape index (κ3) is 4.91. The first kappa shape index (κ1) is 24.1. The number of rotatable bonds is 6. The normalized spacial score (nSPS) is 18.2. The molecule has 0 nitrogen and oxygen atoms in total. The Morgan fingerprint density at radius 2 is 1.56 bits per heavy atom. The highest BCUT2D eigenvalue weighted by atomic mass is 19.3. The molecule has 0 heterocycles. The quantitative estimate of drug-likeness (QED) is 0.246. The Bertz CT molecular complexity index is 1220. The van der Waals surface area contributed by atoms with Gasteiger partial charge < -0.3 is 0 Å². The second-order valence-electron chi connectivity index (χ2n) is 8.90. The fraction of sp³-hybridized carbons (Fsp3) is 0.286. The zero-order valence-electron chi connectivity index (χ0n) is 18.5. The molecule has 0 spiro atoms. The summed E-state index contributed by atoms with van der Waals surface area (Å²) in [5.74, 6) is -3.14. The molecule has 0 N–H and O–H groups in total. The van der Waals surface area contributed by atoms with Crippen LogP contribution < -0.4 is 0 Å². The lowest BCUT2D eigenvalue weighted by Crippen LogP contribution is -2.13. The average Bonchev–Trinajstić information content (AvgIpc) is 2.80. The van der Waals surface area contributed by atoms with E-state index in [0.717, 1.165) is 44.6 Å². The molecule has 6 heteroatoms. The topological polar surface area (TPSA) is 0 Å². The minimum atomic E-state index is -2.23. The minimum absolute atomic E-state index is 0.0182. The van der Waals surface area contributed by atoms with Gasteiger partial charge in [-0.25, -0.2) is 17.6 Å². The lowest BCUT2D eigenvalue weighted by Gasteiger charge is -2.29. The second kappa shape index (κ2) is 10.1.